The Morgan fingerprint density at radius 3 is 2.70 bits per heavy atom. The second kappa shape index (κ2) is 6.62. The van der Waals surface area contributed by atoms with Crippen molar-refractivity contribution >= 4 is 33.0 Å². The van der Waals surface area contributed by atoms with Crippen molar-refractivity contribution in [3.05, 3.63) is 33.8 Å². The van der Waals surface area contributed by atoms with Gasteiger partial charge in [-0.25, -0.2) is 8.42 Å². The number of rotatable bonds is 5. The highest BCUT2D eigenvalue weighted by molar-refractivity contribution is 7.92. The van der Waals surface area contributed by atoms with Gasteiger partial charge in [-0.15, -0.1) is 0 Å². The molecule has 4 nitrogen and oxygen atoms in total. The Morgan fingerprint density at radius 1 is 1.35 bits per heavy atom. The summed E-state index contributed by atoms with van der Waals surface area (Å²) in [5.74, 6) is 0.273. The molecule has 1 aliphatic heterocycles. The summed E-state index contributed by atoms with van der Waals surface area (Å²) in [6.07, 6.45) is 0.677. The highest BCUT2D eigenvalue weighted by Gasteiger charge is 2.30. The lowest BCUT2D eigenvalue weighted by atomic mass is 10.1. The van der Waals surface area contributed by atoms with Crippen LogP contribution in [0.2, 0.25) is 10.0 Å². The van der Waals surface area contributed by atoms with Crippen LogP contribution < -0.4 is 5.32 Å². The molecule has 1 aliphatic rings. The number of hydrogen-bond acceptors (Lipinski definition) is 4. The maximum absolute atomic E-state index is 11.7. The fraction of sp³-hybridized carbons (Fsp3) is 0.538. The van der Waals surface area contributed by atoms with Crippen LogP contribution in [-0.2, 0) is 9.84 Å². The van der Waals surface area contributed by atoms with Crippen LogP contribution >= 0.6 is 23.2 Å². The molecule has 0 radical (unpaired) electrons. The summed E-state index contributed by atoms with van der Waals surface area (Å²) in [6, 6.07) is 4.94. The second-order valence-corrected chi connectivity index (χ2v) is 8.19. The number of aliphatic hydroxyl groups is 1. The van der Waals surface area contributed by atoms with Crippen LogP contribution in [0.15, 0.2) is 18.2 Å². The zero-order valence-electron chi connectivity index (χ0n) is 10.9. The molecule has 0 saturated carbocycles. The van der Waals surface area contributed by atoms with Crippen molar-refractivity contribution in [2.24, 2.45) is 0 Å². The fourth-order valence-electron chi connectivity index (χ4n) is 2.31. The van der Waals surface area contributed by atoms with Crippen molar-refractivity contribution in [3.63, 3.8) is 0 Å². The van der Waals surface area contributed by atoms with E-state index < -0.39 is 15.9 Å². The molecule has 1 fully saturated rings. The Labute approximate surface area is 129 Å². The first-order chi connectivity index (χ1) is 9.40. The molecule has 0 spiro atoms. The summed E-state index contributed by atoms with van der Waals surface area (Å²) in [4.78, 5) is 0. The Kier molecular flexibility index (Phi) is 5.31. The maximum atomic E-state index is 11.7. The second-order valence-electron chi connectivity index (χ2n) is 4.98. The average Bonchev–Trinajstić information content (AvgIpc) is 2.72. The van der Waals surface area contributed by atoms with E-state index in [1.165, 1.54) is 0 Å². The van der Waals surface area contributed by atoms with Gasteiger partial charge < -0.3 is 10.4 Å². The van der Waals surface area contributed by atoms with E-state index in [2.05, 4.69) is 5.32 Å². The first-order valence-electron chi connectivity index (χ1n) is 6.45. The van der Waals surface area contributed by atoms with Gasteiger partial charge in [-0.2, -0.15) is 0 Å². The maximum Gasteiger partial charge on any atom is 0.154 e. The van der Waals surface area contributed by atoms with Crippen LogP contribution in [0.1, 0.15) is 24.5 Å². The van der Waals surface area contributed by atoms with E-state index >= 15 is 0 Å². The van der Waals surface area contributed by atoms with Crippen LogP contribution in [0, 0.1) is 0 Å². The van der Waals surface area contributed by atoms with Crippen LogP contribution in [0.3, 0.4) is 0 Å². The minimum absolute atomic E-state index is 0.273. The minimum Gasteiger partial charge on any atom is -0.387 e. The van der Waals surface area contributed by atoms with E-state index in [-0.39, 0.29) is 17.5 Å². The molecule has 1 unspecified atom stereocenters. The van der Waals surface area contributed by atoms with E-state index in [0.717, 1.165) is 6.42 Å². The number of benzene rings is 1. The van der Waals surface area contributed by atoms with Gasteiger partial charge in [0.05, 0.1) is 27.2 Å². The Hall–Kier alpha value is -0.330. The molecule has 2 atom stereocenters. The van der Waals surface area contributed by atoms with Gasteiger partial charge in [0.2, 0.25) is 0 Å². The van der Waals surface area contributed by atoms with Crippen LogP contribution in [0.25, 0.3) is 0 Å². The van der Waals surface area contributed by atoms with Crippen molar-refractivity contribution in [2.45, 2.75) is 24.2 Å². The minimum atomic E-state index is -2.94. The molecule has 0 amide bonds. The number of hydrogen-bond donors (Lipinski definition) is 2. The lowest BCUT2D eigenvalue weighted by molar-refractivity contribution is 0.175. The Bertz CT molecular complexity index is 577. The molecule has 1 saturated heterocycles. The summed E-state index contributed by atoms with van der Waals surface area (Å²) in [6.45, 7) is 0.657. The third-order valence-electron chi connectivity index (χ3n) is 3.50. The number of aliphatic hydroxyl groups excluding tert-OH is 1. The molecule has 1 aromatic carbocycles. The number of halogens is 2. The third-order valence-corrected chi connectivity index (χ3v) is 6.52. The summed E-state index contributed by atoms with van der Waals surface area (Å²) in [7, 11) is -2.94. The Balaban J connectivity index is 1.86. The van der Waals surface area contributed by atoms with E-state index in [1.807, 2.05) is 0 Å². The molecule has 0 aliphatic carbocycles. The molecular weight excluding hydrogens is 321 g/mol. The molecule has 0 aromatic heterocycles. The zero-order valence-corrected chi connectivity index (χ0v) is 13.2. The van der Waals surface area contributed by atoms with E-state index in [1.54, 1.807) is 18.2 Å². The quantitative estimate of drug-likeness (QED) is 0.864. The van der Waals surface area contributed by atoms with Crippen molar-refractivity contribution in [3.8, 4) is 0 Å². The lowest BCUT2D eigenvalue weighted by Crippen LogP contribution is -2.33. The van der Waals surface area contributed by atoms with Crippen LogP contribution in [-0.4, -0.2) is 37.6 Å². The van der Waals surface area contributed by atoms with Gasteiger partial charge in [-0.05, 0) is 30.5 Å². The van der Waals surface area contributed by atoms with E-state index in [0.29, 0.717) is 28.6 Å². The predicted octanol–water partition coefficient (Wildman–Crippen LogP) is 2.19. The number of sulfone groups is 1. The van der Waals surface area contributed by atoms with Crippen molar-refractivity contribution in [1.29, 1.82) is 0 Å². The summed E-state index contributed by atoms with van der Waals surface area (Å²) < 4.78 is 23.3. The highest BCUT2D eigenvalue weighted by atomic mass is 35.5. The fourth-order valence-corrected chi connectivity index (χ4v) is 4.41. The topological polar surface area (TPSA) is 66.4 Å². The lowest BCUT2D eigenvalue weighted by Gasteiger charge is -2.15. The first kappa shape index (κ1) is 16.0. The average molecular weight is 338 g/mol. The molecule has 2 rings (SSSR count). The third kappa shape index (κ3) is 3.86. The molecule has 2 N–H and O–H groups in total. The molecule has 20 heavy (non-hydrogen) atoms. The summed E-state index contributed by atoms with van der Waals surface area (Å²) in [5, 5.41) is 13.5. The highest BCUT2D eigenvalue weighted by Crippen LogP contribution is 2.25. The zero-order chi connectivity index (χ0) is 14.8. The van der Waals surface area contributed by atoms with E-state index in [9.17, 15) is 13.5 Å². The Morgan fingerprint density at radius 2 is 2.10 bits per heavy atom. The van der Waals surface area contributed by atoms with Crippen LogP contribution in [0.5, 0.6) is 0 Å². The molecule has 7 heteroatoms. The van der Waals surface area contributed by atoms with Gasteiger partial charge in [-0.1, -0.05) is 29.3 Å². The van der Waals surface area contributed by atoms with Gasteiger partial charge in [0.25, 0.3) is 0 Å². The molecule has 112 valence electrons. The van der Waals surface area contributed by atoms with Crippen LogP contribution in [0.4, 0.5) is 0 Å². The van der Waals surface area contributed by atoms with Crippen molar-refractivity contribution < 1.29 is 13.5 Å². The molecule has 1 heterocycles. The van der Waals surface area contributed by atoms with Crippen molar-refractivity contribution in [1.82, 2.24) is 5.32 Å². The van der Waals surface area contributed by atoms with Gasteiger partial charge in [0.15, 0.2) is 9.84 Å². The van der Waals surface area contributed by atoms with Gasteiger partial charge in [0.1, 0.15) is 0 Å². The first-order valence-corrected chi connectivity index (χ1v) is 8.92. The number of nitrogens with one attached hydrogen (secondary N) is 1. The molecular formula is C13H17Cl2NO3S. The van der Waals surface area contributed by atoms with E-state index in [4.69, 9.17) is 23.2 Å². The summed E-state index contributed by atoms with van der Waals surface area (Å²) in [5.41, 5.74) is 0.654. The standard InChI is InChI=1S/C13H17Cl2NO3S/c14-11-4-3-9(6-12(11)15)13(17)8-16-7-10-2-1-5-20(10,18)19/h3-4,6,10,13,16-17H,1-2,5,7-8H2/t10?,13-/m0/s1. The monoisotopic (exact) mass is 337 g/mol. The molecule has 1 aromatic rings. The van der Waals surface area contributed by atoms with Gasteiger partial charge >= 0.3 is 0 Å². The molecule has 0 bridgehead atoms. The predicted molar refractivity (Wildman–Crippen MR) is 81.1 cm³/mol. The largest absolute Gasteiger partial charge is 0.387 e. The van der Waals surface area contributed by atoms with Gasteiger partial charge in [-0.3, -0.25) is 0 Å². The summed E-state index contributed by atoms with van der Waals surface area (Å²) >= 11 is 11.7. The van der Waals surface area contributed by atoms with Crippen molar-refractivity contribution in [2.75, 3.05) is 18.8 Å². The smallest absolute Gasteiger partial charge is 0.154 e. The SMILES string of the molecule is O=S1(=O)CCCC1CNC[C@H](O)c1ccc(Cl)c(Cl)c1. The normalized spacial score (nSPS) is 22.9. The van der Waals surface area contributed by atoms with Gasteiger partial charge in [0, 0.05) is 13.1 Å².